The third kappa shape index (κ3) is 3.40. The van der Waals surface area contributed by atoms with Crippen LogP contribution in [0.3, 0.4) is 0 Å². The van der Waals surface area contributed by atoms with E-state index < -0.39 is 0 Å². The van der Waals surface area contributed by atoms with E-state index in [4.69, 9.17) is 0 Å². The standard InChI is InChI=1S/C17H23N3O2/c21-16(20-8-4-2-1-3-5-9-20)12-18-14-7-6-13-11-19-17(22)15(13)10-14/h6-7,10,18H,1-5,8-9,11-12H2,(H,19,22). The summed E-state index contributed by atoms with van der Waals surface area (Å²) < 4.78 is 0. The summed E-state index contributed by atoms with van der Waals surface area (Å²) >= 11 is 0. The Balaban J connectivity index is 1.56. The van der Waals surface area contributed by atoms with Crippen molar-refractivity contribution in [1.29, 1.82) is 0 Å². The molecule has 3 rings (SSSR count). The van der Waals surface area contributed by atoms with E-state index in [9.17, 15) is 9.59 Å². The normalized spacial score (nSPS) is 18.2. The molecule has 2 N–H and O–H groups in total. The summed E-state index contributed by atoms with van der Waals surface area (Å²) in [5.74, 6) is 0.112. The van der Waals surface area contributed by atoms with Crippen LogP contribution in [0.5, 0.6) is 0 Å². The van der Waals surface area contributed by atoms with Gasteiger partial charge in [-0.3, -0.25) is 9.59 Å². The Morgan fingerprint density at radius 3 is 2.64 bits per heavy atom. The van der Waals surface area contributed by atoms with Crippen molar-refractivity contribution in [1.82, 2.24) is 10.2 Å². The lowest BCUT2D eigenvalue weighted by Crippen LogP contribution is -2.37. The molecule has 1 aromatic carbocycles. The molecule has 5 heteroatoms. The third-order valence-electron chi connectivity index (χ3n) is 4.45. The first-order valence-electron chi connectivity index (χ1n) is 8.17. The minimum atomic E-state index is -0.0336. The second-order valence-electron chi connectivity index (χ2n) is 6.06. The molecule has 0 aromatic heterocycles. The van der Waals surface area contributed by atoms with Crippen molar-refractivity contribution < 1.29 is 9.59 Å². The highest BCUT2D eigenvalue weighted by atomic mass is 16.2. The zero-order valence-electron chi connectivity index (χ0n) is 12.9. The lowest BCUT2D eigenvalue weighted by atomic mass is 10.1. The minimum Gasteiger partial charge on any atom is -0.376 e. The summed E-state index contributed by atoms with van der Waals surface area (Å²) in [7, 11) is 0. The SMILES string of the molecule is O=C1NCc2ccc(NCC(=O)N3CCCCCCC3)cc21. The van der Waals surface area contributed by atoms with Crippen LogP contribution < -0.4 is 10.6 Å². The lowest BCUT2D eigenvalue weighted by molar-refractivity contribution is -0.129. The van der Waals surface area contributed by atoms with E-state index >= 15 is 0 Å². The number of hydrogen-bond donors (Lipinski definition) is 2. The number of likely N-dealkylation sites (tertiary alicyclic amines) is 1. The Kier molecular flexibility index (Phi) is 4.61. The number of benzene rings is 1. The molecule has 5 nitrogen and oxygen atoms in total. The maximum absolute atomic E-state index is 12.3. The van der Waals surface area contributed by atoms with Gasteiger partial charge in [0.15, 0.2) is 0 Å². The van der Waals surface area contributed by atoms with E-state index in [0.717, 1.165) is 37.2 Å². The van der Waals surface area contributed by atoms with Crippen LogP contribution >= 0.6 is 0 Å². The molecule has 2 aliphatic heterocycles. The van der Waals surface area contributed by atoms with Crippen molar-refractivity contribution in [2.24, 2.45) is 0 Å². The molecule has 0 atom stereocenters. The summed E-state index contributed by atoms with van der Waals surface area (Å²) in [5, 5.41) is 5.96. The van der Waals surface area contributed by atoms with Gasteiger partial charge in [-0.25, -0.2) is 0 Å². The molecule has 2 amide bonds. The molecule has 22 heavy (non-hydrogen) atoms. The molecule has 0 spiro atoms. The predicted molar refractivity (Wildman–Crippen MR) is 85.8 cm³/mol. The van der Waals surface area contributed by atoms with Crippen LogP contribution in [-0.4, -0.2) is 36.3 Å². The second kappa shape index (κ2) is 6.81. The van der Waals surface area contributed by atoms with Gasteiger partial charge in [0.2, 0.25) is 5.91 Å². The largest absolute Gasteiger partial charge is 0.376 e. The molecule has 2 aliphatic rings. The second-order valence-corrected chi connectivity index (χ2v) is 6.06. The van der Waals surface area contributed by atoms with Crippen LogP contribution in [0.2, 0.25) is 0 Å². The molecule has 1 fully saturated rings. The van der Waals surface area contributed by atoms with E-state index in [-0.39, 0.29) is 11.8 Å². The number of fused-ring (bicyclic) bond motifs is 1. The molecular weight excluding hydrogens is 278 g/mol. The number of hydrogen-bond acceptors (Lipinski definition) is 3. The third-order valence-corrected chi connectivity index (χ3v) is 4.45. The number of carbonyl (C=O) groups excluding carboxylic acids is 2. The highest BCUT2D eigenvalue weighted by molar-refractivity contribution is 5.99. The lowest BCUT2D eigenvalue weighted by Gasteiger charge is -2.25. The van der Waals surface area contributed by atoms with Crippen molar-refractivity contribution >= 4 is 17.5 Å². The number of amides is 2. The predicted octanol–water partition coefficient (Wildman–Crippen LogP) is 2.13. The highest BCUT2D eigenvalue weighted by Gasteiger charge is 2.19. The van der Waals surface area contributed by atoms with Crippen molar-refractivity contribution in [3.8, 4) is 0 Å². The molecule has 2 heterocycles. The van der Waals surface area contributed by atoms with Gasteiger partial charge in [-0.05, 0) is 30.5 Å². The van der Waals surface area contributed by atoms with E-state index in [1.54, 1.807) is 0 Å². The molecule has 118 valence electrons. The van der Waals surface area contributed by atoms with E-state index in [2.05, 4.69) is 10.6 Å². The fraction of sp³-hybridized carbons (Fsp3) is 0.529. The minimum absolute atomic E-state index is 0.0336. The van der Waals surface area contributed by atoms with Crippen LogP contribution in [0.4, 0.5) is 5.69 Å². The Labute approximate surface area is 131 Å². The van der Waals surface area contributed by atoms with Crippen LogP contribution in [0.1, 0.15) is 48.0 Å². The van der Waals surface area contributed by atoms with Gasteiger partial charge >= 0.3 is 0 Å². The summed E-state index contributed by atoms with van der Waals surface area (Å²) in [4.78, 5) is 25.9. The number of anilines is 1. The fourth-order valence-electron chi connectivity index (χ4n) is 3.11. The van der Waals surface area contributed by atoms with Gasteiger partial charge in [0, 0.05) is 30.9 Å². The van der Waals surface area contributed by atoms with Gasteiger partial charge in [-0.15, -0.1) is 0 Å². The van der Waals surface area contributed by atoms with Crippen LogP contribution in [0.15, 0.2) is 18.2 Å². The summed E-state index contributed by atoms with van der Waals surface area (Å²) in [6.07, 6.45) is 5.93. The topological polar surface area (TPSA) is 61.4 Å². The Morgan fingerprint density at radius 2 is 1.86 bits per heavy atom. The molecule has 1 saturated heterocycles. The van der Waals surface area contributed by atoms with Crippen molar-refractivity contribution in [2.75, 3.05) is 25.0 Å². The Bertz CT molecular complexity index is 563. The van der Waals surface area contributed by atoms with Crippen LogP contribution in [0, 0.1) is 0 Å². The van der Waals surface area contributed by atoms with Gasteiger partial charge in [0.25, 0.3) is 5.91 Å². The maximum atomic E-state index is 12.3. The monoisotopic (exact) mass is 301 g/mol. The van der Waals surface area contributed by atoms with E-state index in [1.807, 2.05) is 23.1 Å². The van der Waals surface area contributed by atoms with Crippen LogP contribution in [-0.2, 0) is 11.3 Å². The molecule has 0 saturated carbocycles. The zero-order chi connectivity index (χ0) is 15.4. The van der Waals surface area contributed by atoms with E-state index in [0.29, 0.717) is 18.7 Å². The van der Waals surface area contributed by atoms with E-state index in [1.165, 1.54) is 19.3 Å². The smallest absolute Gasteiger partial charge is 0.251 e. The maximum Gasteiger partial charge on any atom is 0.251 e. The van der Waals surface area contributed by atoms with Crippen LogP contribution in [0.25, 0.3) is 0 Å². The average molecular weight is 301 g/mol. The number of carbonyl (C=O) groups is 2. The van der Waals surface area contributed by atoms with Crippen molar-refractivity contribution in [3.63, 3.8) is 0 Å². The molecule has 0 bridgehead atoms. The summed E-state index contributed by atoms with van der Waals surface area (Å²) in [5.41, 5.74) is 2.56. The Morgan fingerprint density at radius 1 is 1.14 bits per heavy atom. The first-order chi connectivity index (χ1) is 10.7. The molecular formula is C17H23N3O2. The van der Waals surface area contributed by atoms with Crippen molar-refractivity contribution in [3.05, 3.63) is 29.3 Å². The first-order valence-corrected chi connectivity index (χ1v) is 8.17. The summed E-state index contributed by atoms with van der Waals surface area (Å²) in [6.45, 7) is 2.63. The number of nitrogens with one attached hydrogen (secondary N) is 2. The Hall–Kier alpha value is -2.04. The molecule has 0 radical (unpaired) electrons. The van der Waals surface area contributed by atoms with Crippen molar-refractivity contribution in [2.45, 2.75) is 38.6 Å². The van der Waals surface area contributed by atoms with Gasteiger partial charge in [-0.2, -0.15) is 0 Å². The quantitative estimate of drug-likeness (QED) is 0.899. The fourth-order valence-corrected chi connectivity index (χ4v) is 3.11. The molecule has 0 unspecified atom stereocenters. The first kappa shape index (κ1) is 14.9. The zero-order valence-corrected chi connectivity index (χ0v) is 12.9. The van der Waals surface area contributed by atoms with Gasteiger partial charge in [-0.1, -0.05) is 25.3 Å². The summed E-state index contributed by atoms with van der Waals surface area (Å²) in [6, 6.07) is 5.70. The number of rotatable bonds is 3. The van der Waals surface area contributed by atoms with Gasteiger partial charge < -0.3 is 15.5 Å². The van der Waals surface area contributed by atoms with Gasteiger partial charge in [0.1, 0.15) is 0 Å². The van der Waals surface area contributed by atoms with Gasteiger partial charge in [0.05, 0.1) is 6.54 Å². The molecule has 1 aromatic rings. The highest BCUT2D eigenvalue weighted by Crippen LogP contribution is 2.20. The number of nitrogens with zero attached hydrogens (tertiary/aromatic N) is 1. The average Bonchev–Trinajstić information content (AvgIpc) is 2.86. The molecule has 0 aliphatic carbocycles.